The minimum Gasteiger partial charge on any atom is -0.480 e. The quantitative estimate of drug-likeness (QED) is 0.812. The molecule has 0 aromatic heterocycles. The summed E-state index contributed by atoms with van der Waals surface area (Å²) in [5, 5.41) is 17.6. The number of aliphatic carboxylic acids is 1. The summed E-state index contributed by atoms with van der Waals surface area (Å²) in [6.07, 6.45) is 0. The standard InChI is InChI=1S/C12H14N2O2/c1-2-14(9-12(15)16)8-11-6-4-3-5-10(11)7-13/h3-6H,2,8-9H2,1H3,(H,15,16). The van der Waals surface area contributed by atoms with Crippen LogP contribution in [0.15, 0.2) is 24.3 Å². The van der Waals surface area contributed by atoms with Gasteiger partial charge >= 0.3 is 5.97 Å². The molecule has 0 saturated heterocycles. The van der Waals surface area contributed by atoms with E-state index in [9.17, 15) is 4.79 Å². The Morgan fingerprint density at radius 3 is 2.75 bits per heavy atom. The maximum atomic E-state index is 10.6. The van der Waals surface area contributed by atoms with Gasteiger partial charge in [-0.05, 0) is 18.2 Å². The molecule has 0 fully saturated rings. The van der Waals surface area contributed by atoms with Crippen LogP contribution < -0.4 is 0 Å². The second-order valence-electron chi connectivity index (χ2n) is 3.47. The van der Waals surface area contributed by atoms with Crippen LogP contribution in [0.25, 0.3) is 0 Å². The zero-order valence-corrected chi connectivity index (χ0v) is 9.18. The van der Waals surface area contributed by atoms with Crippen LogP contribution in [0.1, 0.15) is 18.1 Å². The molecular formula is C12H14N2O2. The summed E-state index contributed by atoms with van der Waals surface area (Å²) < 4.78 is 0. The number of hydrogen-bond acceptors (Lipinski definition) is 3. The summed E-state index contributed by atoms with van der Waals surface area (Å²) in [6, 6.07) is 9.35. The first kappa shape index (κ1) is 12.2. The number of nitrogens with zero attached hydrogens (tertiary/aromatic N) is 2. The van der Waals surface area contributed by atoms with Crippen molar-refractivity contribution in [3.8, 4) is 6.07 Å². The van der Waals surface area contributed by atoms with E-state index >= 15 is 0 Å². The molecule has 0 heterocycles. The molecule has 16 heavy (non-hydrogen) atoms. The number of carboxylic acids is 1. The van der Waals surface area contributed by atoms with Crippen molar-refractivity contribution in [3.63, 3.8) is 0 Å². The van der Waals surface area contributed by atoms with E-state index in [-0.39, 0.29) is 6.54 Å². The fraction of sp³-hybridized carbons (Fsp3) is 0.333. The Hall–Kier alpha value is -1.86. The topological polar surface area (TPSA) is 64.3 Å². The van der Waals surface area contributed by atoms with Gasteiger partial charge in [0, 0.05) is 6.54 Å². The van der Waals surface area contributed by atoms with E-state index in [0.717, 1.165) is 5.56 Å². The highest BCUT2D eigenvalue weighted by molar-refractivity contribution is 5.69. The smallest absolute Gasteiger partial charge is 0.317 e. The first-order valence-corrected chi connectivity index (χ1v) is 5.09. The zero-order valence-electron chi connectivity index (χ0n) is 9.18. The van der Waals surface area contributed by atoms with Crippen LogP contribution in [-0.4, -0.2) is 29.1 Å². The third-order valence-corrected chi connectivity index (χ3v) is 2.34. The Labute approximate surface area is 94.7 Å². The Bertz CT molecular complexity index is 410. The molecule has 0 bridgehead atoms. The van der Waals surface area contributed by atoms with Gasteiger partial charge in [-0.1, -0.05) is 25.1 Å². The fourth-order valence-corrected chi connectivity index (χ4v) is 1.48. The van der Waals surface area contributed by atoms with Gasteiger partial charge in [0.05, 0.1) is 18.2 Å². The molecule has 0 aliphatic carbocycles. The third-order valence-electron chi connectivity index (χ3n) is 2.34. The normalized spacial score (nSPS) is 10.1. The van der Waals surface area contributed by atoms with Gasteiger partial charge < -0.3 is 5.11 Å². The lowest BCUT2D eigenvalue weighted by atomic mass is 10.1. The summed E-state index contributed by atoms with van der Waals surface area (Å²) in [5.74, 6) is -0.851. The number of carbonyl (C=O) groups is 1. The number of hydrogen-bond donors (Lipinski definition) is 1. The largest absolute Gasteiger partial charge is 0.480 e. The van der Waals surface area contributed by atoms with E-state index in [4.69, 9.17) is 10.4 Å². The van der Waals surface area contributed by atoms with Crippen LogP contribution >= 0.6 is 0 Å². The molecule has 0 aliphatic heterocycles. The molecule has 0 aliphatic rings. The van der Waals surface area contributed by atoms with Gasteiger partial charge in [0.1, 0.15) is 0 Å². The van der Waals surface area contributed by atoms with Crippen molar-refractivity contribution >= 4 is 5.97 Å². The van der Waals surface area contributed by atoms with Crippen molar-refractivity contribution < 1.29 is 9.90 Å². The highest BCUT2D eigenvalue weighted by Gasteiger charge is 2.10. The average molecular weight is 218 g/mol. The summed E-state index contributed by atoms with van der Waals surface area (Å²) in [5.41, 5.74) is 1.47. The lowest BCUT2D eigenvalue weighted by molar-refractivity contribution is -0.138. The van der Waals surface area contributed by atoms with Gasteiger partial charge in [-0.15, -0.1) is 0 Å². The molecule has 0 saturated carbocycles. The summed E-state index contributed by atoms with van der Waals surface area (Å²) in [7, 11) is 0. The predicted molar refractivity (Wildman–Crippen MR) is 59.7 cm³/mol. The monoisotopic (exact) mass is 218 g/mol. The van der Waals surface area contributed by atoms with Crippen molar-refractivity contribution in [1.29, 1.82) is 5.26 Å². The average Bonchev–Trinajstić information content (AvgIpc) is 2.28. The minimum absolute atomic E-state index is 0.00371. The van der Waals surface area contributed by atoms with Crippen LogP contribution in [0.2, 0.25) is 0 Å². The van der Waals surface area contributed by atoms with Crippen LogP contribution in [0.3, 0.4) is 0 Å². The van der Waals surface area contributed by atoms with Crippen molar-refractivity contribution in [2.75, 3.05) is 13.1 Å². The summed E-state index contributed by atoms with van der Waals surface area (Å²) in [6.45, 7) is 3.03. The maximum Gasteiger partial charge on any atom is 0.317 e. The number of carboxylic acid groups (broad SMARTS) is 1. The highest BCUT2D eigenvalue weighted by atomic mass is 16.4. The van der Waals surface area contributed by atoms with Crippen LogP contribution in [-0.2, 0) is 11.3 Å². The molecule has 0 radical (unpaired) electrons. The Morgan fingerprint density at radius 1 is 1.50 bits per heavy atom. The van der Waals surface area contributed by atoms with E-state index in [1.807, 2.05) is 19.1 Å². The molecule has 0 unspecified atom stereocenters. The second kappa shape index (κ2) is 5.89. The van der Waals surface area contributed by atoms with Gasteiger partial charge in [-0.3, -0.25) is 9.69 Å². The molecule has 84 valence electrons. The van der Waals surface area contributed by atoms with E-state index in [0.29, 0.717) is 18.7 Å². The molecule has 1 N–H and O–H groups in total. The van der Waals surface area contributed by atoms with Crippen molar-refractivity contribution in [2.45, 2.75) is 13.5 Å². The lowest BCUT2D eigenvalue weighted by Gasteiger charge is -2.18. The van der Waals surface area contributed by atoms with Crippen LogP contribution in [0, 0.1) is 11.3 Å². The zero-order chi connectivity index (χ0) is 12.0. The Morgan fingerprint density at radius 2 is 2.19 bits per heavy atom. The van der Waals surface area contributed by atoms with Crippen molar-refractivity contribution in [2.24, 2.45) is 0 Å². The SMILES string of the molecule is CCN(CC(=O)O)Cc1ccccc1C#N. The molecule has 1 aromatic rings. The third kappa shape index (κ3) is 3.37. The van der Waals surface area contributed by atoms with E-state index in [2.05, 4.69) is 6.07 Å². The number of benzene rings is 1. The van der Waals surface area contributed by atoms with Gasteiger partial charge in [0.15, 0.2) is 0 Å². The second-order valence-corrected chi connectivity index (χ2v) is 3.47. The summed E-state index contributed by atoms with van der Waals surface area (Å²) in [4.78, 5) is 12.4. The molecule has 4 heteroatoms. The highest BCUT2D eigenvalue weighted by Crippen LogP contribution is 2.10. The van der Waals surface area contributed by atoms with E-state index in [1.165, 1.54) is 0 Å². The number of rotatable bonds is 5. The molecule has 4 nitrogen and oxygen atoms in total. The number of likely N-dealkylation sites (N-methyl/N-ethyl adjacent to an activating group) is 1. The Balaban J connectivity index is 2.78. The number of nitriles is 1. The first-order valence-electron chi connectivity index (χ1n) is 5.09. The lowest BCUT2D eigenvalue weighted by Crippen LogP contribution is -2.29. The first-order chi connectivity index (χ1) is 7.67. The summed E-state index contributed by atoms with van der Waals surface area (Å²) >= 11 is 0. The molecular weight excluding hydrogens is 204 g/mol. The van der Waals surface area contributed by atoms with Crippen molar-refractivity contribution in [3.05, 3.63) is 35.4 Å². The van der Waals surface area contributed by atoms with Gasteiger partial charge in [0.25, 0.3) is 0 Å². The van der Waals surface area contributed by atoms with Gasteiger partial charge in [-0.25, -0.2) is 0 Å². The molecule has 0 spiro atoms. The van der Waals surface area contributed by atoms with Gasteiger partial charge in [-0.2, -0.15) is 5.26 Å². The van der Waals surface area contributed by atoms with E-state index < -0.39 is 5.97 Å². The fourth-order valence-electron chi connectivity index (χ4n) is 1.48. The Kier molecular flexibility index (Phi) is 4.49. The molecule has 1 aromatic carbocycles. The molecule has 1 rings (SSSR count). The maximum absolute atomic E-state index is 10.6. The molecule has 0 amide bonds. The van der Waals surface area contributed by atoms with Crippen LogP contribution in [0.5, 0.6) is 0 Å². The molecule has 0 atom stereocenters. The predicted octanol–water partition coefficient (Wildman–Crippen LogP) is 1.46. The minimum atomic E-state index is -0.851. The van der Waals surface area contributed by atoms with Gasteiger partial charge in [0.2, 0.25) is 0 Å². The van der Waals surface area contributed by atoms with Crippen LogP contribution in [0.4, 0.5) is 0 Å². The van der Waals surface area contributed by atoms with E-state index in [1.54, 1.807) is 17.0 Å². The van der Waals surface area contributed by atoms with Crippen molar-refractivity contribution in [1.82, 2.24) is 4.90 Å².